The van der Waals surface area contributed by atoms with Crippen LogP contribution in [0.5, 0.6) is 0 Å². The van der Waals surface area contributed by atoms with Gasteiger partial charge in [-0.25, -0.2) is 4.79 Å². The lowest BCUT2D eigenvalue weighted by Gasteiger charge is -2.36. The van der Waals surface area contributed by atoms with Gasteiger partial charge in [0, 0.05) is 23.5 Å². The largest absolute Gasteiger partial charge is 0.425 e. The monoisotopic (exact) mass is 460 g/mol. The molecular weight excluding hydrogens is 424 g/mol. The molecule has 0 aromatic carbocycles. The van der Waals surface area contributed by atoms with E-state index < -0.39 is 5.79 Å². The molecule has 3 aliphatic carbocycles. The summed E-state index contributed by atoms with van der Waals surface area (Å²) in [6.07, 6.45) is 14.5. The molecule has 2 aliphatic heterocycles. The third kappa shape index (κ3) is 4.56. The van der Waals surface area contributed by atoms with E-state index in [2.05, 4.69) is 11.4 Å². The van der Waals surface area contributed by atoms with Crippen molar-refractivity contribution < 1.29 is 24.1 Å². The van der Waals surface area contributed by atoms with E-state index in [1.54, 1.807) is 11.3 Å². The molecule has 0 radical (unpaired) electrons. The zero-order valence-corrected chi connectivity index (χ0v) is 19.7. The Morgan fingerprint density at radius 3 is 2.38 bits per heavy atom. The minimum atomic E-state index is -1.45. The summed E-state index contributed by atoms with van der Waals surface area (Å²) >= 11 is 1.64. The Balaban J connectivity index is 0.000000489. The molecule has 1 N–H and O–H groups in total. The second-order valence-electron chi connectivity index (χ2n) is 10.1. The molecule has 5 nitrogen and oxygen atoms in total. The van der Waals surface area contributed by atoms with Crippen LogP contribution in [0.15, 0.2) is 28.0 Å². The maximum Gasteiger partial charge on any atom is 0.337 e. The number of aliphatic hydroxyl groups is 1. The first-order chi connectivity index (χ1) is 15.6. The van der Waals surface area contributed by atoms with Gasteiger partial charge in [0.2, 0.25) is 5.79 Å². The molecule has 176 valence electrons. The van der Waals surface area contributed by atoms with E-state index in [0.29, 0.717) is 18.8 Å². The fourth-order valence-corrected chi connectivity index (χ4v) is 6.49. The van der Waals surface area contributed by atoms with Gasteiger partial charge in [0.15, 0.2) is 0 Å². The van der Waals surface area contributed by atoms with E-state index in [1.807, 2.05) is 5.38 Å². The van der Waals surface area contributed by atoms with Crippen LogP contribution in [0.1, 0.15) is 82.6 Å². The summed E-state index contributed by atoms with van der Waals surface area (Å²) in [7, 11) is 0. The lowest BCUT2D eigenvalue weighted by molar-refractivity contribution is -0.204. The smallest absolute Gasteiger partial charge is 0.337 e. The van der Waals surface area contributed by atoms with Gasteiger partial charge in [-0.2, -0.15) is 11.3 Å². The summed E-state index contributed by atoms with van der Waals surface area (Å²) in [6, 6.07) is 2.07. The number of fused-ring (bicyclic) bond motifs is 1. The summed E-state index contributed by atoms with van der Waals surface area (Å²) in [5.41, 5.74) is 2.66. The second-order valence-corrected chi connectivity index (χ2v) is 10.9. The van der Waals surface area contributed by atoms with Gasteiger partial charge in [-0.1, -0.05) is 44.9 Å². The topological polar surface area (TPSA) is 65.0 Å². The number of rotatable bonds is 4. The van der Waals surface area contributed by atoms with Crippen LogP contribution < -0.4 is 0 Å². The molecule has 6 rings (SSSR count). The maximum atomic E-state index is 13.1. The van der Waals surface area contributed by atoms with Crippen LogP contribution in [-0.2, 0) is 25.4 Å². The van der Waals surface area contributed by atoms with E-state index >= 15 is 0 Å². The van der Waals surface area contributed by atoms with Crippen LogP contribution in [0.3, 0.4) is 0 Å². The average molecular weight is 461 g/mol. The molecule has 3 heterocycles. The number of ether oxygens (including phenoxy) is 3. The predicted octanol–water partition coefficient (Wildman–Crippen LogP) is 5.51. The van der Waals surface area contributed by atoms with Crippen molar-refractivity contribution in [2.45, 2.75) is 101 Å². The van der Waals surface area contributed by atoms with Crippen LogP contribution in [0.25, 0.3) is 0 Å². The van der Waals surface area contributed by atoms with Crippen molar-refractivity contribution in [2.24, 2.45) is 11.8 Å². The normalized spacial score (nSPS) is 35.0. The molecule has 1 saturated heterocycles. The van der Waals surface area contributed by atoms with Crippen molar-refractivity contribution in [1.29, 1.82) is 0 Å². The molecule has 4 fully saturated rings. The summed E-state index contributed by atoms with van der Waals surface area (Å²) in [6.45, 7) is 0.347. The van der Waals surface area contributed by atoms with Gasteiger partial charge in [-0.05, 0) is 60.4 Å². The maximum absolute atomic E-state index is 13.1. The third-order valence-corrected chi connectivity index (χ3v) is 8.78. The zero-order valence-electron chi connectivity index (χ0n) is 18.9. The van der Waals surface area contributed by atoms with Crippen LogP contribution in [0.2, 0.25) is 0 Å². The molecule has 4 atom stereocenters. The first-order valence-electron chi connectivity index (χ1n) is 12.6. The van der Waals surface area contributed by atoms with E-state index in [-0.39, 0.29) is 30.0 Å². The molecule has 6 heteroatoms. The number of esters is 1. The van der Waals surface area contributed by atoms with Crippen molar-refractivity contribution in [3.63, 3.8) is 0 Å². The standard InChI is InChI=1S/C22H28O5S.C4H8/c23-21-20(15-6-7-18-19(11-15)26-13-25-18)17(10-14-8-9-28-12-14)22(24,27-21)16-4-2-1-3-5-16;1-2-4-3-1/h8-9,12,15-16,18-19,24H,1-7,10-11,13H2;1-4H2. The van der Waals surface area contributed by atoms with Crippen molar-refractivity contribution in [3.05, 3.63) is 33.5 Å². The number of carbonyl (C=O) groups is 1. The molecule has 3 saturated carbocycles. The number of hydrogen-bond donors (Lipinski definition) is 1. The van der Waals surface area contributed by atoms with Gasteiger partial charge in [0.1, 0.15) is 6.79 Å². The number of cyclic esters (lactones) is 1. The Labute approximate surface area is 195 Å². The minimum absolute atomic E-state index is 0.00117. The van der Waals surface area contributed by atoms with Gasteiger partial charge >= 0.3 is 5.97 Å². The molecule has 0 amide bonds. The van der Waals surface area contributed by atoms with Crippen molar-refractivity contribution in [1.82, 2.24) is 0 Å². The first-order valence-corrected chi connectivity index (χ1v) is 13.5. The lowest BCUT2D eigenvalue weighted by Crippen LogP contribution is -2.42. The van der Waals surface area contributed by atoms with Crippen molar-refractivity contribution >= 4 is 17.3 Å². The van der Waals surface area contributed by atoms with Crippen molar-refractivity contribution in [2.75, 3.05) is 6.79 Å². The van der Waals surface area contributed by atoms with E-state index in [0.717, 1.165) is 56.1 Å². The van der Waals surface area contributed by atoms with Crippen molar-refractivity contribution in [3.8, 4) is 0 Å². The second kappa shape index (κ2) is 9.96. The van der Waals surface area contributed by atoms with Crippen LogP contribution in [0.4, 0.5) is 0 Å². The SMILES string of the molecule is C1CCC1.O=C1OC(O)(C2CCCCC2)C(Cc2ccsc2)=C1C1CCC2OCOC2C1. The molecule has 4 unspecified atom stereocenters. The minimum Gasteiger partial charge on any atom is -0.425 e. The van der Waals surface area contributed by atoms with Gasteiger partial charge in [0.05, 0.1) is 12.2 Å². The average Bonchev–Trinajstić information content (AvgIpc) is 3.48. The Kier molecular flexibility index (Phi) is 7.03. The van der Waals surface area contributed by atoms with Crippen LogP contribution >= 0.6 is 11.3 Å². The Morgan fingerprint density at radius 2 is 1.69 bits per heavy atom. The van der Waals surface area contributed by atoms with Crippen LogP contribution in [0, 0.1) is 11.8 Å². The molecule has 1 aromatic rings. The first kappa shape index (κ1) is 22.6. The number of thiophene rings is 1. The highest BCUT2D eigenvalue weighted by Crippen LogP contribution is 2.48. The highest BCUT2D eigenvalue weighted by molar-refractivity contribution is 7.07. The fourth-order valence-electron chi connectivity index (χ4n) is 5.82. The predicted molar refractivity (Wildman–Crippen MR) is 123 cm³/mol. The Morgan fingerprint density at radius 1 is 0.969 bits per heavy atom. The quantitative estimate of drug-likeness (QED) is 0.600. The fraction of sp³-hybridized carbons (Fsp3) is 0.731. The van der Waals surface area contributed by atoms with E-state index in [4.69, 9.17) is 14.2 Å². The molecule has 1 aromatic heterocycles. The molecular formula is C26H36O5S. The Bertz CT molecular complexity index is 804. The van der Waals surface area contributed by atoms with Crippen LogP contribution in [-0.4, -0.2) is 35.9 Å². The summed E-state index contributed by atoms with van der Waals surface area (Å²) < 4.78 is 17.2. The van der Waals surface area contributed by atoms with E-state index in [9.17, 15) is 9.90 Å². The van der Waals surface area contributed by atoms with Gasteiger partial charge in [-0.3, -0.25) is 0 Å². The molecule has 32 heavy (non-hydrogen) atoms. The lowest BCUT2D eigenvalue weighted by atomic mass is 9.74. The highest BCUT2D eigenvalue weighted by Gasteiger charge is 2.53. The summed E-state index contributed by atoms with van der Waals surface area (Å²) in [5, 5.41) is 15.8. The van der Waals surface area contributed by atoms with E-state index in [1.165, 1.54) is 32.1 Å². The molecule has 0 bridgehead atoms. The van der Waals surface area contributed by atoms with Gasteiger partial charge in [-0.15, -0.1) is 0 Å². The highest BCUT2D eigenvalue weighted by atomic mass is 32.1. The third-order valence-electron chi connectivity index (χ3n) is 8.05. The van der Waals surface area contributed by atoms with Gasteiger partial charge in [0.25, 0.3) is 0 Å². The number of hydrogen-bond acceptors (Lipinski definition) is 6. The molecule has 5 aliphatic rings. The number of carbonyl (C=O) groups excluding carboxylic acids is 1. The van der Waals surface area contributed by atoms with Gasteiger partial charge < -0.3 is 19.3 Å². The molecule has 0 spiro atoms. The summed E-state index contributed by atoms with van der Waals surface area (Å²) in [4.78, 5) is 13.1. The Hall–Kier alpha value is -1.21. The zero-order chi connectivity index (χ0) is 22.0. The summed E-state index contributed by atoms with van der Waals surface area (Å²) in [5.74, 6) is -1.69.